The number of aromatic nitrogens is 2. The lowest BCUT2D eigenvalue weighted by Crippen LogP contribution is -2.43. The molecule has 0 spiro atoms. The molecule has 1 atom stereocenters. The highest BCUT2D eigenvalue weighted by molar-refractivity contribution is 7.89. The zero-order chi connectivity index (χ0) is 21.2. The van der Waals surface area contributed by atoms with Crippen molar-refractivity contribution in [2.45, 2.75) is 38.5 Å². The molecule has 1 fully saturated rings. The second-order valence-corrected chi connectivity index (χ2v) is 9.54. The van der Waals surface area contributed by atoms with E-state index in [-0.39, 0.29) is 22.9 Å². The Bertz CT molecular complexity index is 994. The number of piperidine rings is 1. The molecule has 0 saturated carbocycles. The summed E-state index contributed by atoms with van der Waals surface area (Å²) in [5.74, 6) is -1.53. The van der Waals surface area contributed by atoms with Crippen LogP contribution in [-0.4, -0.2) is 54.4 Å². The number of carbonyl (C=O) groups excluding carboxylic acids is 2. The Morgan fingerprint density at radius 1 is 1.38 bits per heavy atom. The summed E-state index contributed by atoms with van der Waals surface area (Å²) in [6.45, 7) is 4.72. The molecule has 2 aromatic heterocycles. The van der Waals surface area contributed by atoms with E-state index in [1.807, 2.05) is 0 Å². The summed E-state index contributed by atoms with van der Waals surface area (Å²) < 4.78 is 37.2. The van der Waals surface area contributed by atoms with Gasteiger partial charge in [0.2, 0.25) is 10.0 Å². The maximum Gasteiger partial charge on any atom is 0.310 e. The third-order valence-corrected chi connectivity index (χ3v) is 7.48. The minimum absolute atomic E-state index is 0.0154. The molecule has 2 aromatic rings. The van der Waals surface area contributed by atoms with Crippen LogP contribution in [0.4, 0.5) is 5.13 Å². The molecule has 3 heterocycles. The summed E-state index contributed by atoms with van der Waals surface area (Å²) in [6, 6.07) is 0. The van der Waals surface area contributed by atoms with Crippen molar-refractivity contribution in [3.05, 3.63) is 22.5 Å². The predicted molar refractivity (Wildman–Crippen MR) is 104 cm³/mol. The highest BCUT2D eigenvalue weighted by Gasteiger charge is 2.37. The number of rotatable bonds is 6. The van der Waals surface area contributed by atoms with Crippen molar-refractivity contribution in [2.75, 3.05) is 25.0 Å². The molecule has 0 bridgehead atoms. The minimum atomic E-state index is -3.83. The van der Waals surface area contributed by atoms with Gasteiger partial charge in [-0.15, -0.1) is 11.3 Å². The van der Waals surface area contributed by atoms with Gasteiger partial charge in [0.15, 0.2) is 17.5 Å². The number of thiazole rings is 1. The fourth-order valence-corrected chi connectivity index (χ4v) is 5.67. The molecule has 1 unspecified atom stereocenters. The number of nitrogens with zero attached hydrogens (tertiary/aromatic N) is 3. The topological polar surface area (TPSA) is 132 Å². The van der Waals surface area contributed by atoms with Gasteiger partial charge >= 0.3 is 5.97 Å². The van der Waals surface area contributed by atoms with Gasteiger partial charge in [0.25, 0.3) is 5.91 Å². The molecule has 1 N–H and O–H groups in total. The van der Waals surface area contributed by atoms with Gasteiger partial charge in [-0.3, -0.25) is 14.9 Å². The summed E-state index contributed by atoms with van der Waals surface area (Å²) in [5.41, 5.74) is 1.06. The summed E-state index contributed by atoms with van der Waals surface area (Å²) in [4.78, 5) is 28.4. The van der Waals surface area contributed by atoms with E-state index in [1.165, 1.54) is 22.6 Å². The molecule has 1 aliphatic heterocycles. The van der Waals surface area contributed by atoms with Crippen LogP contribution in [0.1, 0.15) is 30.0 Å². The van der Waals surface area contributed by atoms with E-state index in [4.69, 9.17) is 9.26 Å². The highest BCUT2D eigenvalue weighted by Crippen LogP contribution is 2.28. The zero-order valence-electron chi connectivity index (χ0n) is 16.3. The summed E-state index contributed by atoms with van der Waals surface area (Å²) >= 11 is 1.27. The van der Waals surface area contributed by atoms with E-state index in [1.54, 1.807) is 19.2 Å². The first-order valence-electron chi connectivity index (χ1n) is 9.00. The van der Waals surface area contributed by atoms with Gasteiger partial charge in [-0.25, -0.2) is 13.4 Å². The van der Waals surface area contributed by atoms with Crippen LogP contribution in [-0.2, 0) is 24.3 Å². The maximum absolute atomic E-state index is 12.9. The largest absolute Gasteiger partial charge is 0.455 e. The van der Waals surface area contributed by atoms with Gasteiger partial charge in [-0.05, 0) is 33.6 Å². The Morgan fingerprint density at radius 2 is 2.14 bits per heavy atom. The van der Waals surface area contributed by atoms with Crippen molar-refractivity contribution >= 4 is 38.4 Å². The molecule has 12 heteroatoms. The molecule has 3 rings (SSSR count). The van der Waals surface area contributed by atoms with Crippen molar-refractivity contribution in [2.24, 2.45) is 5.92 Å². The van der Waals surface area contributed by atoms with Crippen LogP contribution >= 0.6 is 11.3 Å². The Morgan fingerprint density at radius 3 is 2.76 bits per heavy atom. The fourth-order valence-electron chi connectivity index (χ4n) is 3.15. The SMILES string of the molecule is Cc1csc(NC(=O)COC(=O)C2CCCN(S(=O)(=O)c3c(C)noc3C)C2)n1. The third kappa shape index (κ3) is 4.82. The smallest absolute Gasteiger partial charge is 0.310 e. The normalized spacial score (nSPS) is 17.8. The molecule has 10 nitrogen and oxygen atoms in total. The molecular weight excluding hydrogens is 420 g/mol. The molecule has 0 aliphatic carbocycles. The Labute approximate surface area is 172 Å². The molecule has 1 aliphatic rings. The van der Waals surface area contributed by atoms with E-state index in [2.05, 4.69) is 15.5 Å². The van der Waals surface area contributed by atoms with Crippen LogP contribution in [0.3, 0.4) is 0 Å². The Hall–Kier alpha value is -2.31. The van der Waals surface area contributed by atoms with Crippen LogP contribution in [0.2, 0.25) is 0 Å². The number of hydrogen-bond donors (Lipinski definition) is 1. The van der Waals surface area contributed by atoms with E-state index in [9.17, 15) is 18.0 Å². The number of aryl methyl sites for hydroxylation is 3. The molecule has 0 aromatic carbocycles. The number of esters is 1. The van der Waals surface area contributed by atoms with Gasteiger partial charge in [0, 0.05) is 18.5 Å². The van der Waals surface area contributed by atoms with Crippen LogP contribution in [0, 0.1) is 26.7 Å². The van der Waals surface area contributed by atoms with E-state index in [0.29, 0.717) is 24.5 Å². The van der Waals surface area contributed by atoms with Crippen molar-refractivity contribution in [1.29, 1.82) is 0 Å². The summed E-state index contributed by atoms with van der Waals surface area (Å²) in [7, 11) is -3.83. The molecule has 0 radical (unpaired) electrons. The van der Waals surface area contributed by atoms with Gasteiger partial charge in [-0.1, -0.05) is 5.16 Å². The van der Waals surface area contributed by atoms with Crippen LogP contribution in [0.5, 0.6) is 0 Å². The molecule has 158 valence electrons. The first-order chi connectivity index (χ1) is 13.7. The predicted octanol–water partition coefficient (Wildman–Crippen LogP) is 1.64. The quantitative estimate of drug-likeness (QED) is 0.668. The number of anilines is 1. The second-order valence-electron chi connectivity index (χ2n) is 6.81. The maximum atomic E-state index is 12.9. The number of ether oxygens (including phenoxy) is 1. The molecule has 1 saturated heterocycles. The number of amides is 1. The first kappa shape index (κ1) is 21.4. The van der Waals surface area contributed by atoms with Gasteiger partial charge in [-0.2, -0.15) is 4.31 Å². The Balaban J connectivity index is 1.58. The summed E-state index contributed by atoms with van der Waals surface area (Å²) in [6.07, 6.45) is 0.993. The first-order valence-corrected chi connectivity index (χ1v) is 11.3. The monoisotopic (exact) mass is 442 g/mol. The lowest BCUT2D eigenvalue weighted by Gasteiger charge is -2.30. The van der Waals surface area contributed by atoms with Crippen LogP contribution in [0.25, 0.3) is 0 Å². The second kappa shape index (κ2) is 8.59. The third-order valence-electron chi connectivity index (χ3n) is 4.49. The van der Waals surface area contributed by atoms with E-state index < -0.39 is 34.4 Å². The molecular formula is C17H22N4O6S2. The number of nitrogens with one attached hydrogen (secondary N) is 1. The lowest BCUT2D eigenvalue weighted by atomic mass is 10.00. The number of sulfonamides is 1. The van der Waals surface area contributed by atoms with Gasteiger partial charge in [0.05, 0.1) is 11.6 Å². The minimum Gasteiger partial charge on any atom is -0.455 e. The fraction of sp³-hybridized carbons (Fsp3) is 0.529. The lowest BCUT2D eigenvalue weighted by molar-refractivity contribution is -0.152. The van der Waals surface area contributed by atoms with Crippen molar-refractivity contribution < 1.29 is 27.3 Å². The standard InChI is InChI=1S/C17H22N4O6S2/c1-10-9-28-17(18-10)19-14(22)8-26-16(23)13-5-4-6-21(7-13)29(24,25)15-11(2)20-27-12(15)3/h9,13H,4-8H2,1-3H3,(H,18,19,22). The highest BCUT2D eigenvalue weighted by atomic mass is 32.2. The van der Waals surface area contributed by atoms with Crippen LogP contribution in [0.15, 0.2) is 14.8 Å². The Kier molecular flexibility index (Phi) is 6.34. The zero-order valence-corrected chi connectivity index (χ0v) is 17.9. The average Bonchev–Trinajstić information content (AvgIpc) is 3.24. The van der Waals surface area contributed by atoms with Gasteiger partial charge < -0.3 is 9.26 Å². The van der Waals surface area contributed by atoms with Crippen molar-refractivity contribution in [3.63, 3.8) is 0 Å². The number of carbonyl (C=O) groups is 2. The average molecular weight is 443 g/mol. The van der Waals surface area contributed by atoms with Crippen LogP contribution < -0.4 is 5.32 Å². The van der Waals surface area contributed by atoms with Crippen molar-refractivity contribution in [3.8, 4) is 0 Å². The molecule has 29 heavy (non-hydrogen) atoms. The summed E-state index contributed by atoms with van der Waals surface area (Å²) in [5, 5.41) is 8.47. The van der Waals surface area contributed by atoms with Crippen molar-refractivity contribution in [1.82, 2.24) is 14.4 Å². The molecule has 1 amide bonds. The number of hydrogen-bond acceptors (Lipinski definition) is 9. The van der Waals surface area contributed by atoms with Gasteiger partial charge in [0.1, 0.15) is 10.6 Å². The van der Waals surface area contributed by atoms with E-state index >= 15 is 0 Å². The van der Waals surface area contributed by atoms with E-state index in [0.717, 1.165) is 5.69 Å².